The van der Waals surface area contributed by atoms with Crippen LogP contribution in [0.2, 0.25) is 0 Å². The zero-order chi connectivity index (χ0) is 30.3. The molecule has 1 aliphatic rings. The molecule has 1 fully saturated rings. The van der Waals surface area contributed by atoms with E-state index in [9.17, 15) is 4.89 Å². The molecule has 0 amide bonds. The van der Waals surface area contributed by atoms with Gasteiger partial charge in [0.25, 0.3) is 0 Å². The van der Waals surface area contributed by atoms with Crippen molar-refractivity contribution in [3.05, 3.63) is 0 Å². The number of nitrogens with zero attached hydrogens (tertiary/aromatic N) is 3. The zero-order valence-corrected chi connectivity index (χ0v) is 29.7. The van der Waals surface area contributed by atoms with E-state index in [1.165, 1.54) is 135 Å². The molecule has 40 heavy (non-hydrogen) atoms. The Morgan fingerprint density at radius 1 is 0.600 bits per heavy atom. The SMILES string of the molecule is CC.CCC.CCCCCCCCCCCCN1CCN(CCCCCCCCCCCC)C1=N[P+](C)(O)OC. The number of unbranched alkanes of at least 4 members (excludes halogenated alkanes) is 18. The molecule has 0 saturated carbocycles. The third kappa shape index (κ3) is 25.3. The van der Waals surface area contributed by atoms with Gasteiger partial charge in [-0.15, -0.1) is 0 Å². The largest absolute Gasteiger partial charge is 0.391 e. The van der Waals surface area contributed by atoms with Gasteiger partial charge in [0, 0.05) is 26.2 Å². The highest BCUT2D eigenvalue weighted by Gasteiger charge is 2.36. The highest BCUT2D eigenvalue weighted by molar-refractivity contribution is 7.63. The molecule has 0 spiro atoms. The highest BCUT2D eigenvalue weighted by atomic mass is 31.2. The van der Waals surface area contributed by atoms with Gasteiger partial charge in [-0.25, -0.2) is 0 Å². The van der Waals surface area contributed by atoms with Crippen molar-refractivity contribution < 1.29 is 9.42 Å². The summed E-state index contributed by atoms with van der Waals surface area (Å²) in [6.07, 6.45) is 28.5. The quantitative estimate of drug-likeness (QED) is 0.0900. The molecule has 1 atom stereocenters. The third-order valence-electron chi connectivity index (χ3n) is 7.39. The first kappa shape index (κ1) is 41.8. The zero-order valence-electron chi connectivity index (χ0n) is 28.8. The van der Waals surface area contributed by atoms with Crippen LogP contribution < -0.4 is 0 Å². The van der Waals surface area contributed by atoms with E-state index >= 15 is 0 Å². The molecule has 0 aromatic carbocycles. The Balaban J connectivity index is 0. The van der Waals surface area contributed by atoms with Crippen LogP contribution in [0.25, 0.3) is 0 Å². The van der Waals surface area contributed by atoms with Crippen LogP contribution in [0.3, 0.4) is 0 Å². The predicted octanol–water partition coefficient (Wildman–Crippen LogP) is 11.3. The van der Waals surface area contributed by atoms with Crippen molar-refractivity contribution in [2.24, 2.45) is 4.76 Å². The van der Waals surface area contributed by atoms with Gasteiger partial charge in [0.2, 0.25) is 5.96 Å². The number of hydrogen-bond donors (Lipinski definition) is 1. The Morgan fingerprint density at radius 2 is 0.875 bits per heavy atom. The summed E-state index contributed by atoms with van der Waals surface area (Å²) in [6.45, 7) is 18.7. The molecule has 5 nitrogen and oxygen atoms in total. The second-order valence-corrected chi connectivity index (χ2v) is 13.7. The van der Waals surface area contributed by atoms with Crippen molar-refractivity contribution in [2.45, 2.75) is 176 Å². The van der Waals surface area contributed by atoms with Crippen LogP contribution >= 0.6 is 7.87 Å². The molecular formula is C34H75N3O2P+. The Morgan fingerprint density at radius 3 is 1.15 bits per heavy atom. The number of guanidine groups is 1. The maximum Gasteiger partial charge on any atom is 0.391 e. The lowest BCUT2D eigenvalue weighted by Crippen LogP contribution is -2.35. The summed E-state index contributed by atoms with van der Waals surface area (Å²) >= 11 is 0. The van der Waals surface area contributed by atoms with Crippen LogP contribution in [-0.4, -0.2) is 60.6 Å². The molecule has 0 aromatic rings. The minimum Gasteiger partial charge on any atom is -0.338 e. The summed E-state index contributed by atoms with van der Waals surface area (Å²) in [6, 6.07) is 0. The summed E-state index contributed by atoms with van der Waals surface area (Å²) in [7, 11) is -1.10. The molecule has 0 aromatic heterocycles. The predicted molar refractivity (Wildman–Crippen MR) is 184 cm³/mol. The average Bonchev–Trinajstić information content (AvgIpc) is 3.32. The molecule has 1 unspecified atom stereocenters. The third-order valence-corrected chi connectivity index (χ3v) is 8.63. The Kier molecular flexibility index (Phi) is 32.9. The van der Waals surface area contributed by atoms with Crippen molar-refractivity contribution in [2.75, 3.05) is 40.0 Å². The van der Waals surface area contributed by atoms with Gasteiger partial charge >= 0.3 is 7.87 Å². The maximum absolute atomic E-state index is 10.6. The number of hydrogen-bond acceptors (Lipinski definition) is 3. The van der Waals surface area contributed by atoms with Crippen molar-refractivity contribution in [3.63, 3.8) is 0 Å². The fraction of sp³-hybridized carbons (Fsp3) is 0.971. The molecule has 1 rings (SSSR count). The smallest absolute Gasteiger partial charge is 0.338 e. The number of rotatable bonds is 24. The Hall–Kier alpha value is -0.380. The first-order valence-corrected chi connectivity index (χ1v) is 19.8. The molecule has 242 valence electrons. The molecule has 1 N–H and O–H groups in total. The standard InChI is InChI=1S/C29H61N3O2P.C3H8.C2H6/c1-5-7-9-11-13-15-17-19-21-23-25-31-27-28-32(29(31)30-35(4,33)34-3)26-24-22-20-18-16-14-12-10-8-6-2;1-3-2;1-2/h33H,5-28H2,1-4H3;3H2,1-2H3;1-2H3/q+1;;. The monoisotopic (exact) mass is 589 g/mol. The summed E-state index contributed by atoms with van der Waals surface area (Å²) < 4.78 is 10.1. The summed E-state index contributed by atoms with van der Waals surface area (Å²) in [5.74, 6) is 0.983. The molecule has 1 saturated heterocycles. The van der Waals surface area contributed by atoms with E-state index in [1.54, 1.807) is 13.8 Å². The minimum absolute atomic E-state index is 0.983. The van der Waals surface area contributed by atoms with Gasteiger partial charge in [0.05, 0.1) is 7.11 Å². The lowest BCUT2D eigenvalue weighted by atomic mass is 10.1. The van der Waals surface area contributed by atoms with Gasteiger partial charge < -0.3 is 9.80 Å². The van der Waals surface area contributed by atoms with Gasteiger partial charge in [0.15, 0.2) is 0 Å². The fourth-order valence-electron chi connectivity index (χ4n) is 4.98. The molecule has 6 heteroatoms. The van der Waals surface area contributed by atoms with Crippen LogP contribution in [0.5, 0.6) is 0 Å². The van der Waals surface area contributed by atoms with Crippen molar-refractivity contribution in [1.29, 1.82) is 0 Å². The van der Waals surface area contributed by atoms with Crippen LogP contribution in [0.15, 0.2) is 4.76 Å². The van der Waals surface area contributed by atoms with Gasteiger partial charge in [0.1, 0.15) is 6.66 Å². The lowest BCUT2D eigenvalue weighted by Gasteiger charge is -2.23. The fourth-order valence-corrected chi connectivity index (χ4v) is 5.65. The van der Waals surface area contributed by atoms with Gasteiger partial charge in [-0.2, -0.15) is 9.42 Å². The second kappa shape index (κ2) is 31.6. The molecule has 0 aliphatic carbocycles. The Labute approximate surface area is 253 Å². The molecule has 1 aliphatic heterocycles. The maximum atomic E-state index is 10.6. The molecule has 0 bridgehead atoms. The Bertz CT molecular complexity index is 497. The molecule has 0 radical (unpaired) electrons. The first-order valence-electron chi connectivity index (χ1n) is 17.7. The van der Waals surface area contributed by atoms with Crippen LogP contribution in [0, 0.1) is 0 Å². The van der Waals surface area contributed by atoms with Crippen LogP contribution in [0.4, 0.5) is 0 Å². The van der Waals surface area contributed by atoms with E-state index < -0.39 is 7.87 Å². The van der Waals surface area contributed by atoms with Gasteiger partial charge in [-0.3, -0.25) is 0 Å². The second-order valence-electron chi connectivity index (χ2n) is 11.5. The minimum atomic E-state index is -2.67. The summed E-state index contributed by atoms with van der Waals surface area (Å²) in [5, 5.41) is 0. The topological polar surface area (TPSA) is 48.3 Å². The van der Waals surface area contributed by atoms with E-state index in [2.05, 4.69) is 37.5 Å². The lowest BCUT2D eigenvalue weighted by molar-refractivity contribution is 0.368. The van der Waals surface area contributed by atoms with E-state index in [1.807, 2.05) is 13.8 Å². The molecule has 1 heterocycles. The first-order chi connectivity index (χ1) is 19.5. The van der Waals surface area contributed by atoms with E-state index in [-0.39, 0.29) is 0 Å². The van der Waals surface area contributed by atoms with Gasteiger partial charge in [-0.05, 0) is 17.6 Å². The normalized spacial score (nSPS) is 14.4. The van der Waals surface area contributed by atoms with E-state index in [4.69, 9.17) is 9.29 Å². The van der Waals surface area contributed by atoms with Crippen molar-refractivity contribution in [1.82, 2.24) is 9.80 Å². The van der Waals surface area contributed by atoms with Crippen LogP contribution in [-0.2, 0) is 4.52 Å². The van der Waals surface area contributed by atoms with Crippen molar-refractivity contribution in [3.8, 4) is 0 Å². The highest BCUT2D eigenvalue weighted by Crippen LogP contribution is 2.53. The van der Waals surface area contributed by atoms with Gasteiger partial charge in [-0.1, -0.05) is 164 Å². The van der Waals surface area contributed by atoms with Crippen LogP contribution in [0.1, 0.15) is 176 Å². The molecular weight excluding hydrogens is 513 g/mol. The summed E-state index contributed by atoms with van der Waals surface area (Å²) in [5.41, 5.74) is 0. The van der Waals surface area contributed by atoms with E-state index in [0.717, 1.165) is 32.1 Å². The summed E-state index contributed by atoms with van der Waals surface area (Å²) in [4.78, 5) is 15.4. The average molecular weight is 589 g/mol. The van der Waals surface area contributed by atoms with E-state index in [0.29, 0.717) is 0 Å². The van der Waals surface area contributed by atoms with Crippen molar-refractivity contribution >= 4 is 13.8 Å².